The van der Waals surface area contributed by atoms with Gasteiger partial charge in [-0.2, -0.15) is 0 Å². The summed E-state index contributed by atoms with van der Waals surface area (Å²) in [6, 6.07) is 46.1. The topological polar surface area (TPSA) is 12.5 Å². The Labute approximate surface area is 260 Å². The van der Waals surface area contributed by atoms with E-state index in [1.165, 1.54) is 53.0 Å². The number of hydrogen-bond donors (Lipinski definition) is 0. The van der Waals surface area contributed by atoms with Crippen LogP contribution in [0.25, 0.3) is 22.3 Å². The molecule has 0 aromatic heterocycles. The average Bonchev–Trinajstić information content (AvgIpc) is 3.26. The third-order valence-corrected chi connectivity index (χ3v) is 11.4. The molecule has 2 heterocycles. The highest BCUT2D eigenvalue weighted by Crippen LogP contribution is 2.56. The number of anilines is 3. The van der Waals surface area contributed by atoms with Crippen LogP contribution in [-0.4, -0.2) is 0 Å². The van der Waals surface area contributed by atoms with Crippen LogP contribution in [-0.2, 0) is 5.41 Å². The van der Waals surface area contributed by atoms with Gasteiger partial charge in [-0.15, -0.1) is 0 Å². The van der Waals surface area contributed by atoms with Crippen molar-refractivity contribution in [1.29, 1.82) is 0 Å². The van der Waals surface area contributed by atoms with Crippen molar-refractivity contribution in [2.75, 3.05) is 4.90 Å². The van der Waals surface area contributed by atoms with Crippen LogP contribution in [0, 0.1) is 0 Å². The van der Waals surface area contributed by atoms with E-state index in [0.29, 0.717) is 0 Å². The molecule has 1 aliphatic carbocycles. The number of fused-ring (bicyclic) bond motifs is 7. The van der Waals surface area contributed by atoms with E-state index in [-0.39, 0.29) is 5.41 Å². The Hall–Kier alpha value is -4.38. The lowest BCUT2D eigenvalue weighted by molar-refractivity contribution is 0.477. The number of ether oxygens (including phenoxy) is 1. The normalized spacial score (nSPS) is 14.9. The fourth-order valence-electron chi connectivity index (χ4n) is 6.72. The Kier molecular flexibility index (Phi) is 5.44. The second-order valence-electron chi connectivity index (χ2n) is 11.8. The Morgan fingerprint density at radius 3 is 1.74 bits per heavy atom. The molecule has 0 unspecified atom stereocenters. The van der Waals surface area contributed by atoms with Crippen LogP contribution in [0.4, 0.5) is 17.1 Å². The van der Waals surface area contributed by atoms with Crippen molar-refractivity contribution in [3.8, 4) is 33.8 Å². The highest BCUT2D eigenvalue weighted by molar-refractivity contribution is 8.05. The molecule has 2 nitrogen and oxygen atoms in total. The minimum absolute atomic E-state index is 0.0704. The molecule has 6 aromatic carbocycles. The summed E-state index contributed by atoms with van der Waals surface area (Å²) in [5.41, 5.74) is 11.2. The first kappa shape index (κ1) is 25.1. The van der Waals surface area contributed by atoms with E-state index in [0.717, 1.165) is 28.6 Å². The molecular formula is C39H27NOS2. The monoisotopic (exact) mass is 589 g/mol. The van der Waals surface area contributed by atoms with Crippen LogP contribution in [0.15, 0.2) is 147 Å². The van der Waals surface area contributed by atoms with Crippen molar-refractivity contribution in [1.82, 2.24) is 0 Å². The van der Waals surface area contributed by atoms with Gasteiger partial charge in [0.15, 0.2) is 11.5 Å². The average molecular weight is 590 g/mol. The number of rotatable bonds is 2. The van der Waals surface area contributed by atoms with E-state index in [1.54, 1.807) is 0 Å². The van der Waals surface area contributed by atoms with Gasteiger partial charge in [0.2, 0.25) is 0 Å². The third kappa shape index (κ3) is 3.83. The first-order valence-corrected chi connectivity index (χ1v) is 16.2. The van der Waals surface area contributed by atoms with E-state index >= 15 is 0 Å². The van der Waals surface area contributed by atoms with Gasteiger partial charge in [0.25, 0.3) is 0 Å². The zero-order valence-corrected chi connectivity index (χ0v) is 25.4. The van der Waals surface area contributed by atoms with Gasteiger partial charge < -0.3 is 9.64 Å². The van der Waals surface area contributed by atoms with Crippen LogP contribution in [0.2, 0.25) is 0 Å². The van der Waals surface area contributed by atoms with E-state index in [1.807, 2.05) is 47.8 Å². The molecule has 0 radical (unpaired) electrons. The Morgan fingerprint density at radius 1 is 0.512 bits per heavy atom. The molecule has 2 aliphatic heterocycles. The van der Waals surface area contributed by atoms with E-state index in [9.17, 15) is 0 Å². The van der Waals surface area contributed by atoms with Crippen molar-refractivity contribution in [3.63, 3.8) is 0 Å². The smallest absolute Gasteiger partial charge is 0.151 e. The lowest BCUT2D eigenvalue weighted by Gasteiger charge is -2.32. The van der Waals surface area contributed by atoms with Gasteiger partial charge in [0.05, 0.1) is 11.4 Å². The van der Waals surface area contributed by atoms with Gasteiger partial charge in [0.1, 0.15) is 0 Å². The highest BCUT2D eigenvalue weighted by atomic mass is 32.2. The Balaban J connectivity index is 1.08. The number of nitrogens with zero attached hydrogens (tertiary/aromatic N) is 1. The SMILES string of the molecule is CC1(C)c2cc(-c3ccc(N4c5ccccc5Oc5ccccc54)cc3)ccc2-c2cc3c(cc21)Sc1ccccc1S3. The van der Waals surface area contributed by atoms with Crippen LogP contribution >= 0.6 is 23.5 Å². The quantitative estimate of drug-likeness (QED) is 0.199. The second kappa shape index (κ2) is 9.31. The maximum absolute atomic E-state index is 6.22. The molecule has 0 spiro atoms. The third-order valence-electron chi connectivity index (χ3n) is 8.92. The molecule has 0 N–H and O–H groups in total. The van der Waals surface area contributed by atoms with Crippen molar-refractivity contribution in [2.45, 2.75) is 38.8 Å². The fraction of sp³-hybridized carbons (Fsp3) is 0.0769. The largest absolute Gasteiger partial charge is 0.453 e. The summed E-state index contributed by atoms with van der Waals surface area (Å²) in [4.78, 5) is 7.71. The summed E-state index contributed by atoms with van der Waals surface area (Å²) >= 11 is 3.80. The van der Waals surface area contributed by atoms with Crippen molar-refractivity contribution in [2.24, 2.45) is 0 Å². The summed E-state index contributed by atoms with van der Waals surface area (Å²) < 4.78 is 6.22. The minimum atomic E-state index is -0.0704. The lowest BCUT2D eigenvalue weighted by atomic mass is 9.81. The molecule has 0 atom stereocenters. The van der Waals surface area contributed by atoms with E-state index in [2.05, 4.69) is 122 Å². The molecule has 0 fully saturated rings. The van der Waals surface area contributed by atoms with Gasteiger partial charge >= 0.3 is 0 Å². The number of benzene rings is 6. The summed E-state index contributed by atoms with van der Waals surface area (Å²) in [5.74, 6) is 1.74. The molecular weight excluding hydrogens is 563 g/mol. The molecule has 0 amide bonds. The van der Waals surface area contributed by atoms with Gasteiger partial charge in [-0.3, -0.25) is 0 Å². The molecule has 9 rings (SSSR count). The highest BCUT2D eigenvalue weighted by Gasteiger charge is 2.37. The van der Waals surface area contributed by atoms with Gasteiger partial charge in [0, 0.05) is 30.7 Å². The first-order valence-electron chi connectivity index (χ1n) is 14.6. The van der Waals surface area contributed by atoms with E-state index in [4.69, 9.17) is 4.74 Å². The van der Waals surface area contributed by atoms with Crippen LogP contribution < -0.4 is 9.64 Å². The zero-order chi connectivity index (χ0) is 28.7. The Morgan fingerprint density at radius 2 is 1.07 bits per heavy atom. The molecule has 6 aromatic rings. The fourth-order valence-corrected chi connectivity index (χ4v) is 9.00. The second-order valence-corrected chi connectivity index (χ2v) is 14.0. The van der Waals surface area contributed by atoms with Crippen LogP contribution in [0.5, 0.6) is 11.5 Å². The molecule has 206 valence electrons. The maximum atomic E-state index is 6.22. The van der Waals surface area contributed by atoms with Gasteiger partial charge in [-0.25, -0.2) is 0 Å². The van der Waals surface area contributed by atoms with Gasteiger partial charge in [-0.05, 0) is 100 Å². The first-order chi connectivity index (χ1) is 21.0. The van der Waals surface area contributed by atoms with E-state index < -0.39 is 0 Å². The van der Waals surface area contributed by atoms with Crippen LogP contribution in [0.1, 0.15) is 25.0 Å². The number of hydrogen-bond acceptors (Lipinski definition) is 4. The van der Waals surface area contributed by atoms with Crippen molar-refractivity contribution < 1.29 is 4.74 Å². The number of para-hydroxylation sites is 4. The molecule has 0 saturated carbocycles. The Bertz CT molecular complexity index is 2050. The molecule has 0 bridgehead atoms. The molecule has 3 aliphatic rings. The minimum Gasteiger partial charge on any atom is -0.453 e. The molecule has 4 heteroatoms. The summed E-state index contributed by atoms with van der Waals surface area (Å²) in [5, 5.41) is 0. The van der Waals surface area contributed by atoms with Crippen molar-refractivity contribution in [3.05, 3.63) is 139 Å². The summed E-state index contributed by atoms with van der Waals surface area (Å²) in [7, 11) is 0. The summed E-state index contributed by atoms with van der Waals surface area (Å²) in [6.45, 7) is 4.75. The summed E-state index contributed by atoms with van der Waals surface area (Å²) in [6.07, 6.45) is 0. The maximum Gasteiger partial charge on any atom is 0.151 e. The molecule has 0 saturated heterocycles. The van der Waals surface area contributed by atoms with Gasteiger partial charge in [-0.1, -0.05) is 98.0 Å². The molecule has 43 heavy (non-hydrogen) atoms. The lowest BCUT2D eigenvalue weighted by Crippen LogP contribution is -2.15. The predicted octanol–water partition coefficient (Wildman–Crippen LogP) is 11.9. The zero-order valence-electron chi connectivity index (χ0n) is 23.8. The standard InChI is InChI=1S/C39H27NOS2/c1-39(2)29-21-25(17-20-27(29)28-22-37-38(23-30(28)39)43-36-14-8-7-13-35(36)42-37)24-15-18-26(19-16-24)40-31-9-3-5-11-33(31)41-34-12-6-4-10-32(34)40/h3-23H,1-2H3. The predicted molar refractivity (Wildman–Crippen MR) is 179 cm³/mol. The van der Waals surface area contributed by atoms with Crippen LogP contribution in [0.3, 0.4) is 0 Å². The van der Waals surface area contributed by atoms with Crippen molar-refractivity contribution >= 4 is 40.6 Å².